The third-order valence-corrected chi connectivity index (χ3v) is 3.57. The predicted octanol–water partition coefficient (Wildman–Crippen LogP) is 2.70. The monoisotopic (exact) mass is 254 g/mol. The van der Waals surface area contributed by atoms with Gasteiger partial charge in [-0.05, 0) is 24.4 Å². The predicted molar refractivity (Wildman–Crippen MR) is 72.7 cm³/mol. The highest BCUT2D eigenvalue weighted by molar-refractivity contribution is 7.05. The fraction of sp³-hybridized carbons (Fsp3) is 0.667. The molecule has 0 saturated carbocycles. The van der Waals surface area contributed by atoms with E-state index in [9.17, 15) is 0 Å². The molecular weight excluding hydrogens is 232 g/mol. The summed E-state index contributed by atoms with van der Waals surface area (Å²) in [6.45, 7) is 12.5. The molecule has 17 heavy (non-hydrogen) atoms. The number of hydrogen-bond acceptors (Lipinski definition) is 5. The number of hydrogen-bond donors (Lipinski definition) is 2. The van der Waals surface area contributed by atoms with Gasteiger partial charge in [0, 0.05) is 5.41 Å². The van der Waals surface area contributed by atoms with Crippen molar-refractivity contribution in [1.29, 1.82) is 0 Å². The Bertz CT molecular complexity index is 378. The van der Waals surface area contributed by atoms with Crippen molar-refractivity contribution in [1.82, 2.24) is 15.0 Å². The summed E-state index contributed by atoms with van der Waals surface area (Å²) in [5, 5.41) is 4.23. The maximum absolute atomic E-state index is 5.64. The highest BCUT2D eigenvalue weighted by atomic mass is 32.1. The van der Waals surface area contributed by atoms with Crippen LogP contribution in [0.1, 0.15) is 57.1 Å². The largest absolute Gasteiger partial charge is 0.271 e. The van der Waals surface area contributed by atoms with Gasteiger partial charge >= 0.3 is 0 Å². The van der Waals surface area contributed by atoms with Crippen LogP contribution < -0.4 is 11.3 Å². The van der Waals surface area contributed by atoms with E-state index in [-0.39, 0.29) is 11.5 Å². The minimum Gasteiger partial charge on any atom is -0.271 e. The van der Waals surface area contributed by atoms with E-state index in [2.05, 4.69) is 49.3 Å². The zero-order chi connectivity index (χ0) is 13.1. The van der Waals surface area contributed by atoms with Crippen LogP contribution in [-0.4, -0.2) is 9.59 Å². The molecule has 1 aromatic rings. The molecule has 0 bridgehead atoms. The molecule has 0 aliphatic rings. The van der Waals surface area contributed by atoms with Gasteiger partial charge in [0.1, 0.15) is 0 Å². The molecule has 5 heteroatoms. The number of nitrogens with one attached hydrogen (secondary N) is 1. The first-order valence-electron chi connectivity index (χ1n) is 5.85. The van der Waals surface area contributed by atoms with Crippen LogP contribution in [0.25, 0.3) is 0 Å². The van der Waals surface area contributed by atoms with Gasteiger partial charge in [0.05, 0.1) is 16.6 Å². The molecule has 0 aliphatic carbocycles. The van der Waals surface area contributed by atoms with Crippen LogP contribution in [0.4, 0.5) is 0 Å². The maximum atomic E-state index is 5.64. The Labute approximate surface area is 107 Å². The van der Waals surface area contributed by atoms with Gasteiger partial charge in [0.2, 0.25) is 0 Å². The van der Waals surface area contributed by atoms with E-state index in [1.54, 1.807) is 0 Å². The summed E-state index contributed by atoms with van der Waals surface area (Å²) < 4.78 is 4.06. The fourth-order valence-electron chi connectivity index (χ4n) is 1.61. The van der Waals surface area contributed by atoms with Gasteiger partial charge in [-0.15, -0.1) is 5.10 Å². The molecule has 96 valence electrons. The molecule has 1 rings (SSSR count). The van der Waals surface area contributed by atoms with E-state index in [4.69, 9.17) is 5.84 Å². The number of nitrogens with zero attached hydrogens (tertiary/aromatic N) is 2. The van der Waals surface area contributed by atoms with Gasteiger partial charge in [0.25, 0.3) is 0 Å². The van der Waals surface area contributed by atoms with Crippen LogP contribution in [0.2, 0.25) is 0 Å². The molecule has 0 spiro atoms. The second-order valence-electron chi connectivity index (χ2n) is 5.26. The quantitative estimate of drug-likeness (QED) is 0.482. The number of rotatable bonds is 5. The summed E-state index contributed by atoms with van der Waals surface area (Å²) in [6.07, 6.45) is 1.80. The Kier molecular flexibility index (Phi) is 4.80. The third kappa shape index (κ3) is 3.59. The van der Waals surface area contributed by atoms with E-state index in [1.165, 1.54) is 17.1 Å². The van der Waals surface area contributed by atoms with Gasteiger partial charge in [-0.25, -0.2) is 0 Å². The SMILES string of the molecule is C=C(CC)CC(NN)c1snnc1C(C)(C)C. The van der Waals surface area contributed by atoms with Crippen LogP contribution in [0.5, 0.6) is 0 Å². The molecule has 4 nitrogen and oxygen atoms in total. The first kappa shape index (κ1) is 14.3. The van der Waals surface area contributed by atoms with Gasteiger partial charge in [0.15, 0.2) is 0 Å². The Morgan fingerprint density at radius 3 is 2.65 bits per heavy atom. The Balaban J connectivity index is 2.97. The lowest BCUT2D eigenvalue weighted by Gasteiger charge is -2.21. The van der Waals surface area contributed by atoms with Crippen LogP contribution in [0.3, 0.4) is 0 Å². The first-order chi connectivity index (χ1) is 7.90. The number of aromatic nitrogens is 2. The van der Waals surface area contributed by atoms with Crippen molar-refractivity contribution in [2.45, 2.75) is 52.0 Å². The molecule has 3 N–H and O–H groups in total. The Hall–Kier alpha value is -0.780. The maximum Gasteiger partial charge on any atom is 0.0857 e. The summed E-state index contributed by atoms with van der Waals surface area (Å²) in [5.74, 6) is 5.64. The summed E-state index contributed by atoms with van der Waals surface area (Å²) >= 11 is 1.42. The van der Waals surface area contributed by atoms with Crippen LogP contribution in [0, 0.1) is 0 Å². The fourth-order valence-corrected chi connectivity index (χ4v) is 2.53. The molecule has 1 heterocycles. The van der Waals surface area contributed by atoms with Crippen molar-refractivity contribution in [3.05, 3.63) is 22.7 Å². The van der Waals surface area contributed by atoms with E-state index < -0.39 is 0 Å². The average molecular weight is 254 g/mol. The van der Waals surface area contributed by atoms with Gasteiger partial charge in [-0.2, -0.15) is 0 Å². The molecule has 1 unspecified atom stereocenters. The van der Waals surface area contributed by atoms with Crippen LogP contribution >= 0.6 is 11.5 Å². The summed E-state index contributed by atoms with van der Waals surface area (Å²) in [7, 11) is 0. The minimum absolute atomic E-state index is 0.00895. The third-order valence-electron chi connectivity index (χ3n) is 2.73. The Morgan fingerprint density at radius 2 is 2.18 bits per heavy atom. The molecule has 0 aliphatic heterocycles. The molecule has 0 amide bonds. The van der Waals surface area contributed by atoms with Gasteiger partial charge in [-0.1, -0.05) is 44.3 Å². The molecule has 1 atom stereocenters. The highest BCUT2D eigenvalue weighted by Crippen LogP contribution is 2.32. The lowest BCUT2D eigenvalue weighted by atomic mass is 9.89. The summed E-state index contributed by atoms with van der Waals surface area (Å²) in [5.41, 5.74) is 5.05. The van der Waals surface area contributed by atoms with E-state index in [1.807, 2.05) is 0 Å². The van der Waals surface area contributed by atoms with Crippen molar-refractivity contribution in [3.63, 3.8) is 0 Å². The molecule has 0 aromatic carbocycles. The molecule has 0 fully saturated rings. The second-order valence-corrected chi connectivity index (χ2v) is 6.05. The van der Waals surface area contributed by atoms with Gasteiger partial charge < -0.3 is 0 Å². The van der Waals surface area contributed by atoms with E-state index in [0.29, 0.717) is 0 Å². The lowest BCUT2D eigenvalue weighted by Crippen LogP contribution is -2.29. The van der Waals surface area contributed by atoms with Crippen molar-refractivity contribution in [2.24, 2.45) is 5.84 Å². The van der Waals surface area contributed by atoms with Crippen LogP contribution in [-0.2, 0) is 5.41 Å². The minimum atomic E-state index is -0.00895. The first-order valence-corrected chi connectivity index (χ1v) is 6.63. The van der Waals surface area contributed by atoms with Crippen molar-refractivity contribution in [3.8, 4) is 0 Å². The normalized spacial score (nSPS) is 13.7. The zero-order valence-corrected chi connectivity index (χ0v) is 11.9. The van der Waals surface area contributed by atoms with Crippen molar-refractivity contribution in [2.75, 3.05) is 0 Å². The lowest BCUT2D eigenvalue weighted by molar-refractivity contribution is 0.512. The molecule has 1 aromatic heterocycles. The molecule has 0 saturated heterocycles. The van der Waals surface area contributed by atoms with Crippen molar-refractivity contribution < 1.29 is 0 Å². The molecule has 0 radical (unpaired) electrons. The summed E-state index contributed by atoms with van der Waals surface area (Å²) in [4.78, 5) is 1.12. The summed E-state index contributed by atoms with van der Waals surface area (Å²) in [6, 6.07) is 0.0664. The second kappa shape index (κ2) is 5.71. The average Bonchev–Trinajstić information content (AvgIpc) is 2.73. The smallest absolute Gasteiger partial charge is 0.0857 e. The van der Waals surface area contributed by atoms with E-state index >= 15 is 0 Å². The number of nitrogens with two attached hydrogens (primary N) is 1. The van der Waals surface area contributed by atoms with E-state index in [0.717, 1.165) is 23.4 Å². The Morgan fingerprint density at radius 1 is 1.53 bits per heavy atom. The molecular formula is C12H22N4S. The van der Waals surface area contributed by atoms with Crippen LogP contribution in [0.15, 0.2) is 12.2 Å². The topological polar surface area (TPSA) is 63.8 Å². The van der Waals surface area contributed by atoms with Crippen molar-refractivity contribution >= 4 is 11.5 Å². The number of hydrazine groups is 1. The van der Waals surface area contributed by atoms with Gasteiger partial charge in [-0.3, -0.25) is 11.3 Å². The standard InChI is InChI=1S/C12H22N4S/c1-6-8(2)7-9(14-13)10-11(12(3,4)5)15-16-17-10/h9,14H,2,6-7,13H2,1,3-5H3. The highest BCUT2D eigenvalue weighted by Gasteiger charge is 2.26. The zero-order valence-electron chi connectivity index (χ0n) is 11.1.